The van der Waals surface area contributed by atoms with Crippen LogP contribution in [0.5, 0.6) is 0 Å². The van der Waals surface area contributed by atoms with E-state index in [2.05, 4.69) is 10.3 Å². The van der Waals surface area contributed by atoms with Crippen molar-refractivity contribution in [2.45, 2.75) is 20.3 Å². The molecule has 0 unspecified atom stereocenters. The van der Waals surface area contributed by atoms with Crippen molar-refractivity contribution in [1.82, 2.24) is 9.88 Å². The molecule has 0 saturated carbocycles. The van der Waals surface area contributed by atoms with E-state index in [9.17, 15) is 4.79 Å². The number of anilines is 1. The number of thiazole rings is 1. The largest absolute Gasteiger partial charge is 0.362 e. The number of aryl methyl sites for hydroxylation is 1. The van der Waals surface area contributed by atoms with Gasteiger partial charge in [-0.1, -0.05) is 0 Å². The molecule has 0 aliphatic rings. The van der Waals surface area contributed by atoms with Crippen LogP contribution in [-0.4, -0.2) is 42.9 Å². The van der Waals surface area contributed by atoms with Gasteiger partial charge in [-0.2, -0.15) is 0 Å². The summed E-state index contributed by atoms with van der Waals surface area (Å²) in [6.45, 7) is 5.34. The van der Waals surface area contributed by atoms with Crippen molar-refractivity contribution >= 4 is 22.3 Å². The molecule has 5 heteroatoms. The average molecular weight is 241 g/mol. The van der Waals surface area contributed by atoms with E-state index in [0.29, 0.717) is 13.0 Å². The molecular formula is C11H19N3OS. The Labute approximate surface area is 101 Å². The minimum atomic E-state index is 0.236. The number of nitrogens with zero attached hydrogens (tertiary/aromatic N) is 2. The minimum absolute atomic E-state index is 0.236. The Morgan fingerprint density at radius 2 is 2.19 bits per heavy atom. The summed E-state index contributed by atoms with van der Waals surface area (Å²) in [6.07, 6.45) is 0.493. The van der Waals surface area contributed by atoms with Crippen LogP contribution in [0.3, 0.4) is 0 Å². The summed E-state index contributed by atoms with van der Waals surface area (Å²) in [5.74, 6) is 0.236. The molecule has 0 bridgehead atoms. The molecule has 16 heavy (non-hydrogen) atoms. The van der Waals surface area contributed by atoms with E-state index >= 15 is 0 Å². The average Bonchev–Trinajstić information content (AvgIpc) is 2.46. The van der Waals surface area contributed by atoms with E-state index in [4.69, 9.17) is 0 Å². The van der Waals surface area contributed by atoms with Gasteiger partial charge in [0.2, 0.25) is 0 Å². The Bertz CT molecular complexity index is 360. The van der Waals surface area contributed by atoms with Gasteiger partial charge in [0.25, 0.3) is 0 Å². The lowest BCUT2D eigenvalue weighted by atomic mass is 10.2. The normalized spacial score (nSPS) is 10.8. The maximum absolute atomic E-state index is 11.7. The van der Waals surface area contributed by atoms with Gasteiger partial charge in [0.1, 0.15) is 0 Å². The predicted octanol–water partition coefficient (Wildman–Crippen LogP) is 1.56. The lowest BCUT2D eigenvalue weighted by Crippen LogP contribution is -2.22. The second-order valence-electron chi connectivity index (χ2n) is 4.01. The fourth-order valence-corrected chi connectivity index (χ4v) is 2.47. The number of hydrogen-bond donors (Lipinski definition) is 1. The van der Waals surface area contributed by atoms with Gasteiger partial charge in [0.05, 0.1) is 12.2 Å². The number of nitrogens with one attached hydrogen (secondary N) is 1. The summed E-state index contributed by atoms with van der Waals surface area (Å²) in [7, 11) is 3.81. The van der Waals surface area contributed by atoms with Crippen molar-refractivity contribution in [2.75, 3.05) is 32.5 Å². The van der Waals surface area contributed by atoms with E-state index in [0.717, 1.165) is 22.2 Å². The van der Waals surface area contributed by atoms with Crippen LogP contribution < -0.4 is 5.32 Å². The van der Waals surface area contributed by atoms with Gasteiger partial charge < -0.3 is 10.2 Å². The number of ketones is 1. The molecule has 1 aromatic rings. The molecule has 0 aliphatic heterocycles. The third-order valence-electron chi connectivity index (χ3n) is 2.07. The van der Waals surface area contributed by atoms with Gasteiger partial charge in [-0.3, -0.25) is 4.79 Å². The molecule has 1 heterocycles. The van der Waals surface area contributed by atoms with Crippen molar-refractivity contribution in [3.63, 3.8) is 0 Å². The molecular weight excluding hydrogens is 222 g/mol. The molecule has 0 spiro atoms. The quantitative estimate of drug-likeness (QED) is 0.821. The number of carbonyl (C=O) groups excluding carboxylic acids is 1. The topological polar surface area (TPSA) is 45.2 Å². The molecule has 0 radical (unpaired) electrons. The molecule has 1 N–H and O–H groups in total. The molecule has 4 nitrogen and oxygen atoms in total. The molecule has 1 aromatic heterocycles. The van der Waals surface area contributed by atoms with E-state index in [1.807, 2.05) is 32.8 Å². The van der Waals surface area contributed by atoms with Crippen molar-refractivity contribution in [3.8, 4) is 0 Å². The molecule has 0 saturated heterocycles. The SMILES string of the molecule is CCNc1nc(C)c(CC(=O)CN(C)C)s1. The van der Waals surface area contributed by atoms with Gasteiger partial charge in [-0.25, -0.2) is 4.98 Å². The molecule has 0 aliphatic carbocycles. The Morgan fingerprint density at radius 1 is 1.50 bits per heavy atom. The van der Waals surface area contributed by atoms with Crippen LogP contribution >= 0.6 is 11.3 Å². The van der Waals surface area contributed by atoms with E-state index in [1.54, 1.807) is 11.3 Å². The highest BCUT2D eigenvalue weighted by Crippen LogP contribution is 2.22. The third kappa shape index (κ3) is 3.90. The minimum Gasteiger partial charge on any atom is -0.362 e. The van der Waals surface area contributed by atoms with Gasteiger partial charge in [-0.05, 0) is 27.9 Å². The maximum atomic E-state index is 11.7. The highest BCUT2D eigenvalue weighted by molar-refractivity contribution is 7.15. The number of aromatic nitrogens is 1. The highest BCUT2D eigenvalue weighted by Gasteiger charge is 2.11. The van der Waals surface area contributed by atoms with Crippen molar-refractivity contribution in [1.29, 1.82) is 0 Å². The van der Waals surface area contributed by atoms with Crippen LogP contribution in [0.4, 0.5) is 5.13 Å². The van der Waals surface area contributed by atoms with Crippen LogP contribution in [-0.2, 0) is 11.2 Å². The predicted molar refractivity (Wildman–Crippen MR) is 68.3 cm³/mol. The molecule has 0 aromatic carbocycles. The van der Waals surface area contributed by atoms with Crippen molar-refractivity contribution < 1.29 is 4.79 Å². The zero-order valence-corrected chi connectivity index (χ0v) is 11.1. The molecule has 0 atom stereocenters. The molecule has 90 valence electrons. The fraction of sp³-hybridized carbons (Fsp3) is 0.636. The first-order valence-electron chi connectivity index (χ1n) is 5.39. The van der Waals surface area contributed by atoms with Crippen LogP contribution in [0.2, 0.25) is 0 Å². The molecule has 0 fully saturated rings. The number of likely N-dealkylation sites (N-methyl/N-ethyl adjacent to an activating group) is 1. The number of rotatable bonds is 6. The number of Topliss-reactive ketones (excluding diaryl/α,β-unsaturated/α-hetero) is 1. The first kappa shape index (κ1) is 13.1. The summed E-state index contributed by atoms with van der Waals surface area (Å²) >= 11 is 1.58. The van der Waals surface area contributed by atoms with Crippen LogP contribution in [0.15, 0.2) is 0 Å². The zero-order chi connectivity index (χ0) is 12.1. The summed E-state index contributed by atoms with van der Waals surface area (Å²) in [5, 5.41) is 4.08. The van der Waals surface area contributed by atoms with Gasteiger partial charge in [0, 0.05) is 17.8 Å². The standard InChI is InChI=1S/C11H19N3OS/c1-5-12-11-13-8(2)10(16-11)6-9(15)7-14(3)4/h5-7H2,1-4H3,(H,12,13). The first-order chi connectivity index (χ1) is 7.52. The monoisotopic (exact) mass is 241 g/mol. The van der Waals surface area contributed by atoms with Crippen LogP contribution in [0, 0.1) is 6.92 Å². The second-order valence-corrected chi connectivity index (χ2v) is 5.09. The third-order valence-corrected chi connectivity index (χ3v) is 3.19. The van der Waals surface area contributed by atoms with Crippen molar-refractivity contribution in [3.05, 3.63) is 10.6 Å². The van der Waals surface area contributed by atoms with E-state index in [-0.39, 0.29) is 5.78 Å². The smallest absolute Gasteiger partial charge is 0.183 e. The Morgan fingerprint density at radius 3 is 2.75 bits per heavy atom. The number of carbonyl (C=O) groups is 1. The lowest BCUT2D eigenvalue weighted by Gasteiger charge is -2.07. The summed E-state index contributed by atoms with van der Waals surface area (Å²) in [5.41, 5.74) is 0.966. The van der Waals surface area contributed by atoms with E-state index < -0.39 is 0 Å². The molecule has 0 amide bonds. The summed E-state index contributed by atoms with van der Waals surface area (Å²) in [6, 6.07) is 0. The van der Waals surface area contributed by atoms with Crippen LogP contribution in [0.25, 0.3) is 0 Å². The number of hydrogen-bond acceptors (Lipinski definition) is 5. The molecule has 1 rings (SSSR count). The van der Waals surface area contributed by atoms with Gasteiger partial charge in [-0.15, -0.1) is 11.3 Å². The van der Waals surface area contributed by atoms with Gasteiger partial charge >= 0.3 is 0 Å². The Kier molecular flexibility index (Phi) is 4.89. The second kappa shape index (κ2) is 5.96. The zero-order valence-electron chi connectivity index (χ0n) is 10.3. The first-order valence-corrected chi connectivity index (χ1v) is 6.21. The maximum Gasteiger partial charge on any atom is 0.183 e. The Hall–Kier alpha value is -0.940. The fourth-order valence-electron chi connectivity index (χ4n) is 1.41. The van der Waals surface area contributed by atoms with Gasteiger partial charge in [0.15, 0.2) is 10.9 Å². The van der Waals surface area contributed by atoms with Crippen molar-refractivity contribution in [2.24, 2.45) is 0 Å². The Balaban J connectivity index is 2.62. The summed E-state index contributed by atoms with van der Waals surface area (Å²) < 4.78 is 0. The highest BCUT2D eigenvalue weighted by atomic mass is 32.1. The van der Waals surface area contributed by atoms with E-state index in [1.165, 1.54) is 0 Å². The summed E-state index contributed by atoms with van der Waals surface area (Å²) in [4.78, 5) is 19.0. The lowest BCUT2D eigenvalue weighted by molar-refractivity contribution is -0.118. The van der Waals surface area contributed by atoms with Crippen LogP contribution in [0.1, 0.15) is 17.5 Å².